The summed E-state index contributed by atoms with van der Waals surface area (Å²) in [4.78, 5) is 29.4. The highest BCUT2D eigenvalue weighted by molar-refractivity contribution is 6.07. The second kappa shape index (κ2) is 9.33. The Morgan fingerprint density at radius 3 is 2.64 bits per heavy atom. The lowest BCUT2D eigenvalue weighted by Gasteiger charge is -2.36. The highest BCUT2D eigenvalue weighted by Gasteiger charge is 2.52. The lowest BCUT2D eigenvalue weighted by Crippen LogP contribution is -2.46. The lowest BCUT2D eigenvalue weighted by atomic mass is 9.83. The molecule has 0 saturated heterocycles. The van der Waals surface area contributed by atoms with E-state index in [1.54, 1.807) is 42.2 Å². The molecule has 0 saturated carbocycles. The van der Waals surface area contributed by atoms with Gasteiger partial charge in [0.15, 0.2) is 5.60 Å². The number of carbonyl (C=O) groups excluding carboxylic acids is 2. The van der Waals surface area contributed by atoms with Crippen molar-refractivity contribution in [1.29, 1.82) is 0 Å². The van der Waals surface area contributed by atoms with Crippen LogP contribution in [-0.2, 0) is 28.2 Å². The zero-order valence-electron chi connectivity index (χ0n) is 18.9. The van der Waals surface area contributed by atoms with Crippen molar-refractivity contribution < 1.29 is 19.8 Å². The molecule has 0 bridgehead atoms. The van der Waals surface area contributed by atoms with Crippen LogP contribution in [0.25, 0.3) is 0 Å². The van der Waals surface area contributed by atoms with Gasteiger partial charge in [0.05, 0.1) is 18.3 Å². The molecule has 3 atom stereocenters. The van der Waals surface area contributed by atoms with Crippen LogP contribution >= 0.6 is 0 Å². The van der Waals surface area contributed by atoms with Gasteiger partial charge < -0.3 is 20.0 Å². The van der Waals surface area contributed by atoms with Crippen molar-refractivity contribution in [2.75, 3.05) is 18.1 Å². The fraction of sp³-hybridized carbons (Fsp3) is 0.333. The number of nitrogens with zero attached hydrogens (tertiary/aromatic N) is 2. The number of aliphatic hydroxyl groups is 2. The van der Waals surface area contributed by atoms with E-state index in [1.807, 2.05) is 36.4 Å². The van der Waals surface area contributed by atoms with Crippen molar-refractivity contribution in [1.82, 2.24) is 4.90 Å². The van der Waals surface area contributed by atoms with E-state index in [0.29, 0.717) is 30.8 Å². The Hall–Kier alpha value is -3.22. The number of carbonyl (C=O) groups is 2. The van der Waals surface area contributed by atoms with Gasteiger partial charge in [-0.3, -0.25) is 9.59 Å². The number of para-hydroxylation sites is 1. The number of rotatable bonds is 7. The normalized spacial score (nSPS) is 22.9. The van der Waals surface area contributed by atoms with Crippen molar-refractivity contribution >= 4 is 17.5 Å². The van der Waals surface area contributed by atoms with Crippen LogP contribution in [0.3, 0.4) is 0 Å². The average Bonchev–Trinajstić information content (AvgIpc) is 3.06. The fourth-order valence-corrected chi connectivity index (χ4v) is 4.88. The van der Waals surface area contributed by atoms with E-state index in [0.717, 1.165) is 11.1 Å². The monoisotopic (exact) mass is 446 g/mol. The minimum absolute atomic E-state index is 0.0922. The molecule has 0 radical (unpaired) electrons. The topological polar surface area (TPSA) is 81.1 Å². The van der Waals surface area contributed by atoms with Crippen LogP contribution in [0.15, 0.2) is 73.3 Å². The van der Waals surface area contributed by atoms with Crippen molar-refractivity contribution in [3.8, 4) is 0 Å². The maximum absolute atomic E-state index is 13.1. The number of aliphatic hydroxyl groups excluding tert-OH is 1. The summed E-state index contributed by atoms with van der Waals surface area (Å²) in [6.07, 6.45) is 5.84. The first kappa shape index (κ1) is 23.0. The summed E-state index contributed by atoms with van der Waals surface area (Å²) in [5.41, 5.74) is 1.80. The molecule has 2 aliphatic heterocycles. The van der Waals surface area contributed by atoms with Crippen LogP contribution in [0.1, 0.15) is 30.0 Å². The number of benzene rings is 2. The number of anilines is 1. The van der Waals surface area contributed by atoms with E-state index in [1.165, 1.54) is 4.90 Å². The molecule has 0 spiro atoms. The molecular formula is C27H30N2O4. The molecule has 2 heterocycles. The summed E-state index contributed by atoms with van der Waals surface area (Å²) in [6, 6.07) is 14.9. The molecule has 2 N–H and O–H groups in total. The van der Waals surface area contributed by atoms with Gasteiger partial charge in [-0.05, 0) is 23.6 Å². The molecule has 0 aliphatic carbocycles. The third-order valence-corrected chi connectivity index (χ3v) is 6.75. The summed E-state index contributed by atoms with van der Waals surface area (Å²) in [7, 11) is 0. The van der Waals surface area contributed by atoms with Gasteiger partial charge in [0, 0.05) is 31.0 Å². The first-order valence-electron chi connectivity index (χ1n) is 11.3. The second-order valence-corrected chi connectivity index (χ2v) is 8.74. The molecule has 2 aromatic rings. The van der Waals surface area contributed by atoms with Crippen LogP contribution in [0.2, 0.25) is 0 Å². The molecule has 172 valence electrons. The van der Waals surface area contributed by atoms with Gasteiger partial charge in [-0.2, -0.15) is 0 Å². The Morgan fingerprint density at radius 2 is 1.91 bits per heavy atom. The van der Waals surface area contributed by atoms with E-state index in [-0.39, 0.29) is 30.9 Å². The summed E-state index contributed by atoms with van der Waals surface area (Å²) >= 11 is 0. The van der Waals surface area contributed by atoms with E-state index < -0.39 is 11.5 Å². The predicted molar refractivity (Wildman–Crippen MR) is 127 cm³/mol. The quantitative estimate of drug-likeness (QED) is 0.641. The zero-order valence-corrected chi connectivity index (χ0v) is 18.9. The molecule has 0 fully saturated rings. The van der Waals surface area contributed by atoms with E-state index in [9.17, 15) is 19.8 Å². The lowest BCUT2D eigenvalue weighted by molar-refractivity contribution is -0.139. The van der Waals surface area contributed by atoms with Crippen molar-refractivity contribution in [2.24, 2.45) is 5.92 Å². The van der Waals surface area contributed by atoms with E-state index >= 15 is 0 Å². The smallest absolute Gasteiger partial charge is 0.264 e. The molecule has 0 unspecified atom stereocenters. The van der Waals surface area contributed by atoms with Crippen molar-refractivity contribution in [3.63, 3.8) is 0 Å². The van der Waals surface area contributed by atoms with E-state index in [4.69, 9.17) is 0 Å². The minimum Gasteiger partial charge on any atom is -0.394 e. The molecule has 6 nitrogen and oxygen atoms in total. The first-order chi connectivity index (χ1) is 15.9. The SMILES string of the molecule is C=CCN1C(=O)[C@](O)([C@H](C)/C=C/CC(=O)N2Cc3ccccc3C[C@H]2CO)c2ccccc21. The molecule has 33 heavy (non-hydrogen) atoms. The van der Waals surface area contributed by atoms with Crippen LogP contribution in [-0.4, -0.2) is 46.1 Å². The number of hydrogen-bond donors (Lipinski definition) is 2. The predicted octanol–water partition coefficient (Wildman–Crippen LogP) is 2.94. The van der Waals surface area contributed by atoms with Gasteiger partial charge in [0.1, 0.15) is 0 Å². The Labute approximate surface area is 194 Å². The minimum atomic E-state index is -1.70. The fourth-order valence-electron chi connectivity index (χ4n) is 4.88. The maximum Gasteiger partial charge on any atom is 0.264 e. The van der Waals surface area contributed by atoms with Gasteiger partial charge in [-0.1, -0.05) is 67.6 Å². The number of fused-ring (bicyclic) bond motifs is 2. The van der Waals surface area contributed by atoms with Crippen molar-refractivity contribution in [3.05, 3.63) is 90.0 Å². The summed E-state index contributed by atoms with van der Waals surface area (Å²) in [6.45, 7) is 6.18. The Kier molecular flexibility index (Phi) is 6.49. The van der Waals surface area contributed by atoms with Gasteiger partial charge in [0.25, 0.3) is 5.91 Å². The second-order valence-electron chi connectivity index (χ2n) is 8.74. The average molecular weight is 447 g/mol. The van der Waals surface area contributed by atoms with Gasteiger partial charge in [0.2, 0.25) is 5.91 Å². The summed E-state index contributed by atoms with van der Waals surface area (Å²) in [5, 5.41) is 21.3. The maximum atomic E-state index is 13.1. The zero-order chi connectivity index (χ0) is 23.6. The molecule has 2 aromatic carbocycles. The van der Waals surface area contributed by atoms with Gasteiger partial charge in [-0.15, -0.1) is 6.58 Å². The Morgan fingerprint density at radius 1 is 1.21 bits per heavy atom. The molecule has 2 aliphatic rings. The molecular weight excluding hydrogens is 416 g/mol. The first-order valence-corrected chi connectivity index (χ1v) is 11.3. The highest BCUT2D eigenvalue weighted by atomic mass is 16.3. The third kappa shape index (κ3) is 4.01. The molecule has 2 amide bonds. The van der Waals surface area contributed by atoms with Crippen LogP contribution < -0.4 is 4.90 Å². The summed E-state index contributed by atoms with van der Waals surface area (Å²) < 4.78 is 0. The Bertz CT molecular complexity index is 1100. The third-order valence-electron chi connectivity index (χ3n) is 6.75. The molecule has 6 heteroatoms. The van der Waals surface area contributed by atoms with Crippen LogP contribution in [0, 0.1) is 5.92 Å². The van der Waals surface area contributed by atoms with Crippen LogP contribution in [0.4, 0.5) is 5.69 Å². The number of hydrogen-bond acceptors (Lipinski definition) is 4. The molecule has 0 aromatic heterocycles. The largest absolute Gasteiger partial charge is 0.394 e. The van der Waals surface area contributed by atoms with Crippen LogP contribution in [0.5, 0.6) is 0 Å². The number of amides is 2. The molecule has 4 rings (SSSR count). The Balaban J connectivity index is 1.49. The van der Waals surface area contributed by atoms with Crippen molar-refractivity contribution in [2.45, 2.75) is 38.0 Å². The van der Waals surface area contributed by atoms with E-state index in [2.05, 4.69) is 6.58 Å². The standard InChI is InChI=1S/C27H30N2O4/c1-3-15-28-24-13-7-6-12-23(24)27(33,26(28)32)19(2)9-8-14-25(31)29-17-21-11-5-4-10-20(21)16-22(29)18-30/h3-13,19,22,30,33H,1,14-18H2,2H3/b9-8+/t19-,22+,27+/m1/s1. The summed E-state index contributed by atoms with van der Waals surface area (Å²) in [5.74, 6) is -1.02. The van der Waals surface area contributed by atoms with Gasteiger partial charge in [-0.25, -0.2) is 0 Å². The highest BCUT2D eigenvalue weighted by Crippen LogP contribution is 2.44. The van der Waals surface area contributed by atoms with Gasteiger partial charge >= 0.3 is 0 Å².